The van der Waals surface area contributed by atoms with Crippen LogP contribution in [0, 0.1) is 6.92 Å². The fourth-order valence-electron chi connectivity index (χ4n) is 4.73. The first-order valence-electron chi connectivity index (χ1n) is 13.3. The van der Waals surface area contributed by atoms with Crippen molar-refractivity contribution in [1.29, 1.82) is 0 Å². The van der Waals surface area contributed by atoms with Crippen LogP contribution in [0.4, 0.5) is 0 Å². The summed E-state index contributed by atoms with van der Waals surface area (Å²) in [5.74, 6) is 0.0478. The Hall–Kier alpha value is -1.52. The summed E-state index contributed by atoms with van der Waals surface area (Å²) in [4.78, 5) is 18.3. The highest BCUT2D eigenvalue weighted by Gasteiger charge is 2.26. The van der Waals surface area contributed by atoms with Crippen LogP contribution in [0.15, 0.2) is 46.9 Å². The number of hydrogen-bond donors (Lipinski definition) is 0. The first kappa shape index (κ1) is 27.1. The zero-order valence-electron chi connectivity index (χ0n) is 21.0. The standard InChI is InChI=1S/C30H40BrNOS/c1-3-4-5-6-7-8-9-10-11-12-13-14-17-25(26-22-24(31)21-20-23(26)2)29(33)30-32-27-18-15-16-19-28(27)34-30/h15-16,18-22,25H,3-14,17H2,1-2H3. The van der Waals surface area contributed by atoms with Crippen LogP contribution < -0.4 is 0 Å². The van der Waals surface area contributed by atoms with E-state index >= 15 is 0 Å². The Labute approximate surface area is 218 Å². The molecule has 3 aromatic rings. The number of nitrogens with zero attached hydrogens (tertiary/aromatic N) is 1. The molecular weight excluding hydrogens is 502 g/mol. The molecule has 1 heterocycles. The van der Waals surface area contributed by atoms with Crippen LogP contribution in [0.3, 0.4) is 0 Å². The van der Waals surface area contributed by atoms with Crippen LogP contribution in [-0.2, 0) is 0 Å². The predicted molar refractivity (Wildman–Crippen MR) is 151 cm³/mol. The third-order valence-corrected chi connectivity index (χ3v) is 8.33. The fraction of sp³-hybridized carbons (Fsp3) is 0.533. The fourth-order valence-corrected chi connectivity index (χ4v) is 6.07. The van der Waals surface area contributed by atoms with Crippen molar-refractivity contribution >= 4 is 43.3 Å². The molecular formula is C30H40BrNOS. The molecule has 0 aliphatic rings. The van der Waals surface area contributed by atoms with E-state index in [-0.39, 0.29) is 11.7 Å². The van der Waals surface area contributed by atoms with Crippen molar-refractivity contribution in [1.82, 2.24) is 4.98 Å². The highest BCUT2D eigenvalue weighted by atomic mass is 79.9. The Kier molecular flexibility index (Phi) is 11.8. The second-order valence-electron chi connectivity index (χ2n) is 9.58. The number of carbonyl (C=O) groups is 1. The highest BCUT2D eigenvalue weighted by molar-refractivity contribution is 9.10. The van der Waals surface area contributed by atoms with Gasteiger partial charge < -0.3 is 0 Å². The molecule has 0 spiro atoms. The van der Waals surface area contributed by atoms with Crippen molar-refractivity contribution < 1.29 is 4.79 Å². The molecule has 2 aromatic carbocycles. The number of halogens is 1. The van der Waals surface area contributed by atoms with Gasteiger partial charge in [0.15, 0.2) is 10.8 Å². The van der Waals surface area contributed by atoms with E-state index in [1.54, 1.807) is 0 Å². The zero-order chi connectivity index (χ0) is 24.2. The molecule has 2 nitrogen and oxygen atoms in total. The maximum atomic E-state index is 13.6. The number of ketones is 1. The summed E-state index contributed by atoms with van der Waals surface area (Å²) >= 11 is 5.14. The summed E-state index contributed by atoms with van der Waals surface area (Å²) in [6.07, 6.45) is 16.8. The third-order valence-electron chi connectivity index (χ3n) is 6.78. The number of unbranched alkanes of at least 4 members (excludes halogenated alkanes) is 11. The molecule has 0 aliphatic carbocycles. The van der Waals surface area contributed by atoms with Crippen LogP contribution in [0.2, 0.25) is 0 Å². The molecule has 184 valence electrons. The molecule has 1 unspecified atom stereocenters. The second-order valence-corrected chi connectivity index (χ2v) is 11.5. The van der Waals surface area contributed by atoms with E-state index in [9.17, 15) is 4.79 Å². The largest absolute Gasteiger partial charge is 0.291 e. The van der Waals surface area contributed by atoms with Gasteiger partial charge in [0, 0.05) is 4.47 Å². The number of benzene rings is 2. The van der Waals surface area contributed by atoms with Crippen molar-refractivity contribution in [2.75, 3.05) is 0 Å². The van der Waals surface area contributed by atoms with Crippen molar-refractivity contribution in [3.05, 3.63) is 63.1 Å². The second kappa shape index (κ2) is 14.8. The van der Waals surface area contributed by atoms with Crippen molar-refractivity contribution in [3.63, 3.8) is 0 Å². The van der Waals surface area contributed by atoms with Crippen LogP contribution in [0.1, 0.15) is 117 Å². The van der Waals surface area contributed by atoms with Gasteiger partial charge in [-0.05, 0) is 48.7 Å². The first-order chi connectivity index (χ1) is 16.6. The Morgan fingerprint density at radius 3 is 2.15 bits per heavy atom. The average molecular weight is 543 g/mol. The SMILES string of the molecule is CCCCCCCCCCCCCCC(C(=O)c1nc2ccccc2s1)c1cc(Br)ccc1C. The first-order valence-corrected chi connectivity index (χ1v) is 14.9. The monoisotopic (exact) mass is 541 g/mol. The van der Waals surface area contributed by atoms with Gasteiger partial charge in [0.1, 0.15) is 0 Å². The van der Waals surface area contributed by atoms with Gasteiger partial charge in [-0.2, -0.15) is 0 Å². The summed E-state index contributed by atoms with van der Waals surface area (Å²) < 4.78 is 2.12. The van der Waals surface area contributed by atoms with Gasteiger partial charge in [-0.15, -0.1) is 11.3 Å². The van der Waals surface area contributed by atoms with Gasteiger partial charge in [-0.1, -0.05) is 118 Å². The summed E-state index contributed by atoms with van der Waals surface area (Å²) in [5, 5.41) is 0.643. The van der Waals surface area contributed by atoms with Crippen molar-refractivity contribution in [3.8, 4) is 0 Å². The summed E-state index contributed by atoms with van der Waals surface area (Å²) in [7, 11) is 0. The third kappa shape index (κ3) is 8.30. The van der Waals surface area contributed by atoms with E-state index < -0.39 is 0 Å². The lowest BCUT2D eigenvalue weighted by Crippen LogP contribution is -2.14. The topological polar surface area (TPSA) is 30.0 Å². The number of rotatable bonds is 16. The molecule has 0 saturated heterocycles. The Bertz CT molecular complexity index is 995. The summed E-state index contributed by atoms with van der Waals surface area (Å²) in [5.41, 5.74) is 3.24. The highest BCUT2D eigenvalue weighted by Crippen LogP contribution is 2.33. The smallest absolute Gasteiger partial charge is 0.198 e. The van der Waals surface area contributed by atoms with Gasteiger partial charge in [0.25, 0.3) is 0 Å². The van der Waals surface area contributed by atoms with E-state index in [2.05, 4.69) is 53.0 Å². The molecule has 0 saturated carbocycles. The number of thiazole rings is 1. The van der Waals surface area contributed by atoms with Gasteiger partial charge in [0.05, 0.1) is 16.1 Å². The molecule has 0 amide bonds. The van der Waals surface area contributed by atoms with E-state index in [1.165, 1.54) is 87.5 Å². The lowest BCUT2D eigenvalue weighted by atomic mass is 9.87. The molecule has 1 atom stereocenters. The van der Waals surface area contributed by atoms with Gasteiger partial charge in [-0.3, -0.25) is 4.79 Å². The molecule has 34 heavy (non-hydrogen) atoms. The maximum absolute atomic E-state index is 13.6. The Balaban J connectivity index is 1.51. The van der Waals surface area contributed by atoms with E-state index in [4.69, 9.17) is 0 Å². The van der Waals surface area contributed by atoms with Crippen LogP contribution in [0.5, 0.6) is 0 Å². The minimum Gasteiger partial charge on any atom is -0.291 e. The number of para-hydroxylation sites is 1. The molecule has 3 rings (SSSR count). The maximum Gasteiger partial charge on any atom is 0.198 e. The minimum absolute atomic E-state index is 0.124. The molecule has 0 aliphatic heterocycles. The van der Waals surface area contributed by atoms with E-state index in [0.717, 1.165) is 33.1 Å². The van der Waals surface area contributed by atoms with Gasteiger partial charge in [0.2, 0.25) is 0 Å². The summed E-state index contributed by atoms with van der Waals surface area (Å²) in [6.45, 7) is 4.39. The number of Topliss-reactive ketones (excluding diaryl/α,β-unsaturated/α-hetero) is 1. The van der Waals surface area contributed by atoms with Gasteiger partial charge >= 0.3 is 0 Å². The van der Waals surface area contributed by atoms with Gasteiger partial charge in [-0.25, -0.2) is 4.98 Å². The average Bonchev–Trinajstić information content (AvgIpc) is 3.28. The van der Waals surface area contributed by atoms with Crippen LogP contribution in [-0.4, -0.2) is 10.8 Å². The quantitative estimate of drug-likeness (QED) is 0.133. The van der Waals surface area contributed by atoms with E-state index in [0.29, 0.717) is 5.01 Å². The Morgan fingerprint density at radius 2 is 1.50 bits per heavy atom. The molecule has 0 N–H and O–H groups in total. The van der Waals surface area contributed by atoms with Crippen molar-refractivity contribution in [2.45, 2.75) is 103 Å². The molecule has 1 aromatic heterocycles. The Morgan fingerprint density at radius 1 is 0.882 bits per heavy atom. The molecule has 0 radical (unpaired) electrons. The number of aromatic nitrogens is 1. The van der Waals surface area contributed by atoms with Crippen molar-refractivity contribution in [2.24, 2.45) is 0 Å². The van der Waals surface area contributed by atoms with Crippen LogP contribution in [0.25, 0.3) is 10.2 Å². The number of hydrogen-bond acceptors (Lipinski definition) is 3. The number of carbonyl (C=O) groups excluding carboxylic acids is 1. The number of fused-ring (bicyclic) bond motifs is 1. The molecule has 0 bridgehead atoms. The summed E-state index contributed by atoms with van der Waals surface area (Å²) in [6, 6.07) is 14.3. The zero-order valence-corrected chi connectivity index (χ0v) is 23.4. The number of aryl methyl sites for hydroxylation is 1. The molecule has 4 heteroatoms. The lowest BCUT2D eigenvalue weighted by molar-refractivity contribution is 0.0953. The lowest BCUT2D eigenvalue weighted by Gasteiger charge is -2.18. The predicted octanol–water partition coefficient (Wildman–Crippen LogP) is 10.4. The molecule has 0 fully saturated rings. The normalized spacial score (nSPS) is 12.3. The van der Waals surface area contributed by atoms with E-state index in [1.807, 2.05) is 24.3 Å². The van der Waals surface area contributed by atoms with Crippen LogP contribution >= 0.6 is 27.3 Å². The minimum atomic E-state index is -0.124.